The van der Waals surface area contributed by atoms with Crippen LogP contribution < -0.4 is 11.1 Å². The average molecular weight is 258 g/mol. The third-order valence-electron chi connectivity index (χ3n) is 5.04. The Morgan fingerprint density at radius 3 is 2.05 bits per heavy atom. The summed E-state index contributed by atoms with van der Waals surface area (Å²) in [4.78, 5) is 0. The average Bonchev–Trinajstić information content (AvgIpc) is 3.10. The molecule has 0 spiro atoms. The Hall–Kier alpha value is -1.18. The van der Waals surface area contributed by atoms with Gasteiger partial charge in [-0.05, 0) is 55.7 Å². The first-order valence-corrected chi connectivity index (χ1v) is 7.95. The van der Waals surface area contributed by atoms with Gasteiger partial charge in [0, 0.05) is 17.4 Å². The van der Waals surface area contributed by atoms with E-state index in [1.807, 2.05) is 6.07 Å². The Labute approximate surface area is 116 Å². The molecule has 0 aliphatic heterocycles. The molecule has 1 aromatic rings. The third-order valence-corrected chi connectivity index (χ3v) is 5.04. The van der Waals surface area contributed by atoms with E-state index >= 15 is 0 Å². The Morgan fingerprint density at radius 1 is 0.947 bits per heavy atom. The van der Waals surface area contributed by atoms with E-state index in [2.05, 4.69) is 23.5 Å². The number of hydrogen-bond donors (Lipinski definition) is 2. The molecule has 2 heteroatoms. The second-order valence-corrected chi connectivity index (χ2v) is 6.38. The summed E-state index contributed by atoms with van der Waals surface area (Å²) in [6.45, 7) is 0. The SMILES string of the molecule is Nc1cccc(NC(C2CCCC2)C2CCCC2)c1. The highest BCUT2D eigenvalue weighted by Gasteiger charge is 2.32. The molecule has 0 saturated heterocycles. The standard InChI is InChI=1S/C17H26N2/c18-15-10-5-11-16(12-15)19-17(13-6-1-2-7-13)14-8-3-4-9-14/h5,10-14,17,19H,1-4,6-9,18H2. The minimum atomic E-state index is 0.673. The minimum absolute atomic E-state index is 0.673. The molecule has 0 unspecified atom stereocenters. The lowest BCUT2D eigenvalue weighted by atomic mass is 9.85. The van der Waals surface area contributed by atoms with E-state index in [0.717, 1.165) is 17.5 Å². The number of benzene rings is 1. The predicted molar refractivity (Wildman–Crippen MR) is 82.2 cm³/mol. The Balaban J connectivity index is 1.74. The van der Waals surface area contributed by atoms with E-state index < -0.39 is 0 Å². The molecular formula is C17H26N2. The second kappa shape index (κ2) is 5.85. The lowest BCUT2D eigenvalue weighted by Gasteiger charge is -2.31. The first-order chi connectivity index (χ1) is 9.33. The van der Waals surface area contributed by atoms with E-state index in [9.17, 15) is 0 Å². The first-order valence-electron chi connectivity index (χ1n) is 7.95. The Kier molecular flexibility index (Phi) is 3.95. The molecule has 0 amide bonds. The molecule has 2 aliphatic carbocycles. The minimum Gasteiger partial charge on any atom is -0.399 e. The van der Waals surface area contributed by atoms with Crippen molar-refractivity contribution in [3.8, 4) is 0 Å². The van der Waals surface area contributed by atoms with Crippen LogP contribution in [0.4, 0.5) is 11.4 Å². The molecule has 0 bridgehead atoms. The Bertz CT molecular complexity index is 387. The number of rotatable bonds is 4. The van der Waals surface area contributed by atoms with Crippen LogP contribution in [0.15, 0.2) is 24.3 Å². The zero-order valence-electron chi connectivity index (χ0n) is 11.8. The molecule has 0 radical (unpaired) electrons. The fourth-order valence-electron chi connectivity index (χ4n) is 4.07. The van der Waals surface area contributed by atoms with Crippen LogP contribution in [0.2, 0.25) is 0 Å². The van der Waals surface area contributed by atoms with Crippen molar-refractivity contribution in [1.29, 1.82) is 0 Å². The highest BCUT2D eigenvalue weighted by Crippen LogP contribution is 2.38. The molecule has 3 N–H and O–H groups in total. The maximum absolute atomic E-state index is 5.90. The molecule has 19 heavy (non-hydrogen) atoms. The summed E-state index contributed by atoms with van der Waals surface area (Å²) >= 11 is 0. The molecule has 3 rings (SSSR count). The summed E-state index contributed by atoms with van der Waals surface area (Å²) in [5, 5.41) is 3.82. The van der Waals surface area contributed by atoms with Crippen LogP contribution in [0.25, 0.3) is 0 Å². The summed E-state index contributed by atoms with van der Waals surface area (Å²) in [6, 6.07) is 8.93. The van der Waals surface area contributed by atoms with Crippen molar-refractivity contribution in [2.24, 2.45) is 11.8 Å². The summed E-state index contributed by atoms with van der Waals surface area (Å²) in [5.74, 6) is 1.76. The topological polar surface area (TPSA) is 38.0 Å². The molecular weight excluding hydrogens is 232 g/mol. The zero-order chi connectivity index (χ0) is 13.1. The first kappa shape index (κ1) is 12.8. The molecule has 0 heterocycles. The summed E-state index contributed by atoms with van der Waals surface area (Å²) in [6.07, 6.45) is 11.3. The van der Waals surface area contributed by atoms with E-state index in [1.54, 1.807) is 0 Å². The lowest BCUT2D eigenvalue weighted by Crippen LogP contribution is -2.34. The maximum atomic E-state index is 5.90. The van der Waals surface area contributed by atoms with Crippen molar-refractivity contribution in [2.75, 3.05) is 11.1 Å². The predicted octanol–water partition coefficient (Wildman–Crippen LogP) is 4.43. The second-order valence-electron chi connectivity index (χ2n) is 6.38. The quantitative estimate of drug-likeness (QED) is 0.784. The van der Waals surface area contributed by atoms with E-state index in [1.165, 1.54) is 57.1 Å². The summed E-state index contributed by atoms with van der Waals surface area (Å²) < 4.78 is 0. The Morgan fingerprint density at radius 2 is 1.53 bits per heavy atom. The summed E-state index contributed by atoms with van der Waals surface area (Å²) in [7, 11) is 0. The van der Waals surface area contributed by atoms with Crippen molar-refractivity contribution < 1.29 is 0 Å². The smallest absolute Gasteiger partial charge is 0.0363 e. The van der Waals surface area contributed by atoms with Gasteiger partial charge in [0.1, 0.15) is 0 Å². The fraction of sp³-hybridized carbons (Fsp3) is 0.647. The molecule has 104 valence electrons. The number of nitrogens with one attached hydrogen (secondary N) is 1. The van der Waals surface area contributed by atoms with Gasteiger partial charge < -0.3 is 11.1 Å². The van der Waals surface area contributed by atoms with Gasteiger partial charge in [0.05, 0.1) is 0 Å². The van der Waals surface area contributed by atoms with Gasteiger partial charge in [-0.2, -0.15) is 0 Å². The van der Waals surface area contributed by atoms with Gasteiger partial charge in [-0.15, -0.1) is 0 Å². The van der Waals surface area contributed by atoms with Crippen LogP contribution in [0.1, 0.15) is 51.4 Å². The van der Waals surface area contributed by atoms with Crippen LogP contribution in [0, 0.1) is 11.8 Å². The number of anilines is 2. The number of nitrogen functional groups attached to an aromatic ring is 1. The van der Waals surface area contributed by atoms with Gasteiger partial charge in [0.25, 0.3) is 0 Å². The molecule has 1 aromatic carbocycles. The van der Waals surface area contributed by atoms with Crippen LogP contribution in [-0.2, 0) is 0 Å². The van der Waals surface area contributed by atoms with E-state index in [0.29, 0.717) is 6.04 Å². The largest absolute Gasteiger partial charge is 0.399 e. The van der Waals surface area contributed by atoms with Gasteiger partial charge in [0.2, 0.25) is 0 Å². The van der Waals surface area contributed by atoms with Gasteiger partial charge in [0.15, 0.2) is 0 Å². The zero-order valence-corrected chi connectivity index (χ0v) is 11.8. The van der Waals surface area contributed by atoms with Gasteiger partial charge >= 0.3 is 0 Å². The van der Waals surface area contributed by atoms with E-state index in [-0.39, 0.29) is 0 Å². The maximum Gasteiger partial charge on any atom is 0.0363 e. The van der Waals surface area contributed by atoms with Gasteiger partial charge in [-0.25, -0.2) is 0 Å². The van der Waals surface area contributed by atoms with E-state index in [4.69, 9.17) is 5.73 Å². The number of hydrogen-bond acceptors (Lipinski definition) is 2. The highest BCUT2D eigenvalue weighted by atomic mass is 14.9. The molecule has 2 nitrogen and oxygen atoms in total. The van der Waals surface area contributed by atoms with Crippen LogP contribution in [0.5, 0.6) is 0 Å². The fourth-order valence-corrected chi connectivity index (χ4v) is 4.07. The molecule has 2 saturated carbocycles. The normalized spacial score (nSPS) is 21.3. The van der Waals surface area contributed by atoms with Crippen molar-refractivity contribution >= 4 is 11.4 Å². The summed E-state index contributed by atoms with van der Waals surface area (Å²) in [5.41, 5.74) is 7.98. The van der Waals surface area contributed by atoms with Crippen molar-refractivity contribution in [3.05, 3.63) is 24.3 Å². The number of nitrogens with two attached hydrogens (primary N) is 1. The molecule has 2 fully saturated rings. The van der Waals surface area contributed by atoms with Crippen molar-refractivity contribution in [3.63, 3.8) is 0 Å². The van der Waals surface area contributed by atoms with Crippen molar-refractivity contribution in [1.82, 2.24) is 0 Å². The molecule has 2 aliphatic rings. The molecule has 0 atom stereocenters. The van der Waals surface area contributed by atoms with Crippen LogP contribution in [0.3, 0.4) is 0 Å². The monoisotopic (exact) mass is 258 g/mol. The van der Waals surface area contributed by atoms with Crippen molar-refractivity contribution in [2.45, 2.75) is 57.4 Å². The molecule has 0 aromatic heterocycles. The highest BCUT2D eigenvalue weighted by molar-refractivity contribution is 5.54. The lowest BCUT2D eigenvalue weighted by molar-refractivity contribution is 0.338. The van der Waals surface area contributed by atoms with Gasteiger partial charge in [-0.1, -0.05) is 31.7 Å². The third kappa shape index (κ3) is 3.05. The van der Waals surface area contributed by atoms with Gasteiger partial charge in [-0.3, -0.25) is 0 Å². The van der Waals surface area contributed by atoms with Crippen LogP contribution in [-0.4, -0.2) is 6.04 Å². The van der Waals surface area contributed by atoms with Crippen LogP contribution >= 0.6 is 0 Å².